The number of hydrogen-bond donors (Lipinski definition) is 2. The predicted molar refractivity (Wildman–Crippen MR) is 103 cm³/mol. The topological polar surface area (TPSA) is 107 Å². The number of imidazole rings is 1. The van der Waals surface area contributed by atoms with Gasteiger partial charge in [0.05, 0.1) is 17.3 Å². The zero-order valence-electron chi connectivity index (χ0n) is 15.7. The second-order valence-electron chi connectivity index (χ2n) is 7.09. The van der Waals surface area contributed by atoms with Crippen molar-refractivity contribution in [2.75, 3.05) is 11.1 Å². The van der Waals surface area contributed by atoms with Gasteiger partial charge in [0.2, 0.25) is 17.8 Å². The number of aromatic nitrogens is 6. The van der Waals surface area contributed by atoms with Gasteiger partial charge in [0.1, 0.15) is 11.6 Å². The summed E-state index contributed by atoms with van der Waals surface area (Å²) in [6.45, 7) is 0. The summed E-state index contributed by atoms with van der Waals surface area (Å²) in [6, 6.07) is 5.67. The van der Waals surface area contributed by atoms with Crippen LogP contribution in [0, 0.1) is 5.82 Å². The lowest BCUT2D eigenvalue weighted by Crippen LogP contribution is -2.11. The van der Waals surface area contributed by atoms with Gasteiger partial charge in [-0.1, -0.05) is 0 Å². The first-order valence-corrected chi connectivity index (χ1v) is 9.28. The fourth-order valence-electron chi connectivity index (χ4n) is 3.19. The van der Waals surface area contributed by atoms with E-state index in [0.717, 1.165) is 31.2 Å². The quantitative estimate of drug-likeness (QED) is 0.472. The number of nitrogens with two attached hydrogens (primary N) is 1. The first kappa shape index (κ1) is 19.2. The lowest BCUT2D eigenvalue weighted by atomic mass is 10.2. The van der Waals surface area contributed by atoms with Crippen molar-refractivity contribution < 1.29 is 17.6 Å². The summed E-state index contributed by atoms with van der Waals surface area (Å²) in [5.41, 5.74) is 6.12. The van der Waals surface area contributed by atoms with Gasteiger partial charge in [-0.25, -0.2) is 14.4 Å². The number of nitrogens with one attached hydrogen (secondary N) is 1. The highest BCUT2D eigenvalue weighted by Crippen LogP contribution is 2.41. The molecule has 1 saturated carbocycles. The molecule has 0 unspecified atom stereocenters. The second-order valence-corrected chi connectivity index (χ2v) is 7.09. The zero-order chi connectivity index (χ0) is 21.8. The molecule has 1 aromatic carbocycles. The van der Waals surface area contributed by atoms with Crippen molar-refractivity contribution >= 4 is 28.7 Å². The smallest absolute Gasteiger partial charge is 0.368 e. The monoisotopic (exact) mass is 430 g/mol. The number of benzene rings is 1. The summed E-state index contributed by atoms with van der Waals surface area (Å²) in [4.78, 5) is 21.0. The highest BCUT2D eigenvalue weighted by molar-refractivity contribution is 5.74. The van der Waals surface area contributed by atoms with Crippen molar-refractivity contribution in [2.24, 2.45) is 0 Å². The van der Waals surface area contributed by atoms with Crippen LogP contribution in [0.15, 0.2) is 36.5 Å². The summed E-state index contributed by atoms with van der Waals surface area (Å²) in [6.07, 6.45) is -1.52. The van der Waals surface area contributed by atoms with Crippen LogP contribution in [0.2, 0.25) is 0 Å². The summed E-state index contributed by atoms with van der Waals surface area (Å²) < 4.78 is 53.7. The Morgan fingerprint density at radius 1 is 1.03 bits per heavy atom. The predicted octanol–water partition coefficient (Wildman–Crippen LogP) is 3.97. The molecule has 1 fully saturated rings. The van der Waals surface area contributed by atoms with E-state index in [4.69, 9.17) is 5.73 Å². The highest BCUT2D eigenvalue weighted by atomic mass is 19.4. The van der Waals surface area contributed by atoms with Gasteiger partial charge in [0, 0.05) is 17.7 Å². The average molecular weight is 430 g/mol. The maximum Gasteiger partial charge on any atom is 0.416 e. The van der Waals surface area contributed by atoms with Gasteiger partial charge >= 0.3 is 6.18 Å². The summed E-state index contributed by atoms with van der Waals surface area (Å²) in [7, 11) is 0. The molecule has 5 rings (SSSR count). The van der Waals surface area contributed by atoms with E-state index in [-0.39, 0.29) is 23.8 Å². The third kappa shape index (κ3) is 3.71. The number of alkyl halides is 3. The van der Waals surface area contributed by atoms with E-state index in [1.54, 1.807) is 4.57 Å². The maximum atomic E-state index is 13.8. The van der Waals surface area contributed by atoms with E-state index in [2.05, 4.69) is 30.2 Å². The SMILES string of the molecule is Nc1nc(Nc2ccc(C(F)(F)F)cc2)nc(-n2c(C3CC3)nc3ncc(F)cc32)n1. The van der Waals surface area contributed by atoms with Crippen LogP contribution in [-0.4, -0.2) is 29.5 Å². The van der Waals surface area contributed by atoms with Crippen molar-refractivity contribution in [3.8, 4) is 5.95 Å². The molecule has 0 saturated heterocycles. The number of nitrogens with zero attached hydrogens (tertiary/aromatic N) is 6. The van der Waals surface area contributed by atoms with Crippen LogP contribution < -0.4 is 11.1 Å². The number of nitrogen functional groups attached to an aromatic ring is 1. The molecule has 0 radical (unpaired) electrons. The van der Waals surface area contributed by atoms with Crippen LogP contribution in [-0.2, 0) is 6.18 Å². The van der Waals surface area contributed by atoms with Crippen molar-refractivity contribution in [2.45, 2.75) is 24.9 Å². The van der Waals surface area contributed by atoms with Gasteiger partial charge in [0.25, 0.3) is 0 Å². The normalized spacial score (nSPS) is 14.2. The molecule has 3 heterocycles. The minimum Gasteiger partial charge on any atom is -0.368 e. The minimum absolute atomic E-state index is 0.0233. The molecule has 0 amide bonds. The lowest BCUT2D eigenvalue weighted by Gasteiger charge is -2.11. The Labute approximate surface area is 172 Å². The van der Waals surface area contributed by atoms with Gasteiger partial charge in [-0.15, -0.1) is 0 Å². The third-order valence-electron chi connectivity index (χ3n) is 4.76. The summed E-state index contributed by atoms with van der Waals surface area (Å²) in [5, 5.41) is 2.82. The van der Waals surface area contributed by atoms with Crippen molar-refractivity contribution in [3.63, 3.8) is 0 Å². The number of halogens is 4. The number of pyridine rings is 1. The first-order chi connectivity index (χ1) is 14.8. The third-order valence-corrected chi connectivity index (χ3v) is 4.76. The standard InChI is InChI=1S/C19H14F4N8/c20-11-7-13-14(25-8-11)27-15(9-1-2-9)31(13)18-29-16(24)28-17(30-18)26-12-5-3-10(4-6-12)19(21,22)23/h3-9H,1-2H2,(H3,24,26,28,29,30). The van der Waals surface area contributed by atoms with Crippen molar-refractivity contribution in [3.05, 3.63) is 53.7 Å². The number of rotatable bonds is 4. The molecule has 8 nitrogen and oxygen atoms in total. The molecular weight excluding hydrogens is 416 g/mol. The van der Waals surface area contributed by atoms with Gasteiger partial charge in [-0.05, 0) is 37.1 Å². The van der Waals surface area contributed by atoms with Crippen LogP contribution in [0.1, 0.15) is 30.1 Å². The molecule has 0 bridgehead atoms. The lowest BCUT2D eigenvalue weighted by molar-refractivity contribution is -0.137. The van der Waals surface area contributed by atoms with Crippen LogP contribution in [0.5, 0.6) is 0 Å². The van der Waals surface area contributed by atoms with Crippen LogP contribution in [0.25, 0.3) is 17.1 Å². The molecule has 3 N–H and O–H groups in total. The van der Waals surface area contributed by atoms with Gasteiger partial charge in [-0.2, -0.15) is 28.1 Å². The van der Waals surface area contributed by atoms with Gasteiger partial charge in [-0.3, -0.25) is 4.57 Å². The molecule has 31 heavy (non-hydrogen) atoms. The molecule has 0 atom stereocenters. The largest absolute Gasteiger partial charge is 0.416 e. The number of hydrogen-bond acceptors (Lipinski definition) is 7. The van der Waals surface area contributed by atoms with E-state index in [1.165, 1.54) is 18.2 Å². The fourth-order valence-corrected chi connectivity index (χ4v) is 3.19. The average Bonchev–Trinajstić information content (AvgIpc) is 3.48. The Balaban J connectivity index is 1.55. The van der Waals surface area contributed by atoms with Gasteiger partial charge in [0.15, 0.2) is 5.65 Å². The highest BCUT2D eigenvalue weighted by Gasteiger charge is 2.32. The molecule has 4 aromatic rings. The number of anilines is 3. The zero-order valence-corrected chi connectivity index (χ0v) is 15.7. The van der Waals surface area contributed by atoms with Crippen molar-refractivity contribution in [1.82, 2.24) is 29.5 Å². The molecule has 1 aliphatic carbocycles. The molecule has 158 valence electrons. The van der Waals surface area contributed by atoms with Crippen molar-refractivity contribution in [1.29, 1.82) is 0 Å². The molecule has 0 spiro atoms. The van der Waals surface area contributed by atoms with E-state index < -0.39 is 17.6 Å². The molecule has 3 aromatic heterocycles. The van der Waals surface area contributed by atoms with Crippen LogP contribution in [0.4, 0.5) is 35.1 Å². The molecule has 0 aliphatic heterocycles. The Bertz CT molecular complexity index is 1280. The fraction of sp³-hybridized carbons (Fsp3) is 0.211. The first-order valence-electron chi connectivity index (χ1n) is 9.28. The van der Waals surface area contributed by atoms with Crippen LogP contribution in [0.3, 0.4) is 0 Å². The number of fused-ring (bicyclic) bond motifs is 1. The van der Waals surface area contributed by atoms with E-state index in [0.29, 0.717) is 22.7 Å². The Kier molecular flexibility index (Phi) is 4.24. The maximum absolute atomic E-state index is 13.8. The Morgan fingerprint density at radius 3 is 2.45 bits per heavy atom. The van der Waals surface area contributed by atoms with E-state index in [1.807, 2.05) is 0 Å². The van der Waals surface area contributed by atoms with Crippen LogP contribution >= 0.6 is 0 Å². The second kappa shape index (κ2) is 6.86. The summed E-state index contributed by atoms with van der Waals surface area (Å²) >= 11 is 0. The minimum atomic E-state index is -4.44. The summed E-state index contributed by atoms with van der Waals surface area (Å²) in [5.74, 6) is 0.281. The molecule has 1 aliphatic rings. The molecular formula is C19H14F4N8. The van der Waals surface area contributed by atoms with Gasteiger partial charge < -0.3 is 11.1 Å². The Morgan fingerprint density at radius 2 is 1.77 bits per heavy atom. The van der Waals surface area contributed by atoms with E-state index >= 15 is 0 Å². The Hall–Kier alpha value is -3.83. The van der Waals surface area contributed by atoms with E-state index in [9.17, 15) is 17.6 Å². The molecule has 12 heteroatoms.